The molecule has 3 rings (SSSR count). The van der Waals surface area contributed by atoms with Gasteiger partial charge in [-0.1, -0.05) is 49.4 Å². The van der Waals surface area contributed by atoms with Crippen LogP contribution >= 0.6 is 0 Å². The predicted molar refractivity (Wildman–Crippen MR) is 105 cm³/mol. The van der Waals surface area contributed by atoms with Crippen molar-refractivity contribution in [2.75, 3.05) is 7.05 Å². The van der Waals surface area contributed by atoms with Crippen LogP contribution in [-0.4, -0.2) is 23.8 Å². The van der Waals surface area contributed by atoms with Crippen molar-refractivity contribution in [3.05, 3.63) is 71.0 Å². The number of hydrogen-bond acceptors (Lipinski definition) is 2. The van der Waals surface area contributed by atoms with E-state index in [4.69, 9.17) is 5.41 Å². The van der Waals surface area contributed by atoms with Crippen molar-refractivity contribution >= 4 is 11.9 Å². The first-order chi connectivity index (χ1) is 13.1. The van der Waals surface area contributed by atoms with Gasteiger partial charge in [-0.2, -0.15) is 0 Å². The molecule has 2 N–H and O–H groups in total. The van der Waals surface area contributed by atoms with E-state index in [1.54, 1.807) is 56.3 Å². The lowest BCUT2D eigenvalue weighted by Gasteiger charge is -2.46. The summed E-state index contributed by atoms with van der Waals surface area (Å²) in [5.41, 5.74) is -1.14. The highest BCUT2D eigenvalue weighted by molar-refractivity contribution is 6.02. The molecule has 1 fully saturated rings. The SMILES string of the molecule is CCC(C)(F)c1ccc([C@@H]2C(=O)N(C)C(=N)N[C@]2(C)c2ccccc2F)cc1. The molecule has 28 heavy (non-hydrogen) atoms. The molecule has 1 aliphatic rings. The van der Waals surface area contributed by atoms with Gasteiger partial charge < -0.3 is 5.32 Å². The monoisotopic (exact) mass is 385 g/mol. The first-order valence-corrected chi connectivity index (χ1v) is 9.30. The Labute approximate surface area is 164 Å². The molecular formula is C22H25F2N3O. The third kappa shape index (κ3) is 3.17. The molecule has 0 bridgehead atoms. The van der Waals surface area contributed by atoms with E-state index in [0.717, 1.165) is 0 Å². The summed E-state index contributed by atoms with van der Waals surface area (Å²) in [5, 5.41) is 11.1. The number of carbonyl (C=O) groups excluding carboxylic acids is 1. The molecule has 4 nitrogen and oxygen atoms in total. The molecule has 2 aromatic rings. The average molecular weight is 385 g/mol. The normalized spacial score (nSPS) is 24.6. The molecule has 148 valence electrons. The summed E-state index contributed by atoms with van der Waals surface area (Å²) in [7, 11) is 1.51. The van der Waals surface area contributed by atoms with E-state index < -0.39 is 22.9 Å². The van der Waals surface area contributed by atoms with E-state index in [2.05, 4.69) is 5.32 Å². The number of nitrogens with zero attached hydrogens (tertiary/aromatic N) is 1. The molecule has 1 saturated heterocycles. The van der Waals surface area contributed by atoms with Gasteiger partial charge in [-0.25, -0.2) is 8.78 Å². The van der Waals surface area contributed by atoms with Gasteiger partial charge in [0.25, 0.3) is 0 Å². The van der Waals surface area contributed by atoms with E-state index in [1.165, 1.54) is 24.9 Å². The number of benzene rings is 2. The smallest absolute Gasteiger partial charge is 0.239 e. The van der Waals surface area contributed by atoms with E-state index in [9.17, 15) is 13.6 Å². The van der Waals surface area contributed by atoms with Gasteiger partial charge in [-0.15, -0.1) is 0 Å². The zero-order valence-electron chi connectivity index (χ0n) is 16.5. The lowest BCUT2D eigenvalue weighted by Crippen LogP contribution is -2.62. The summed E-state index contributed by atoms with van der Waals surface area (Å²) in [6, 6.07) is 13.0. The summed E-state index contributed by atoms with van der Waals surface area (Å²) >= 11 is 0. The predicted octanol–water partition coefficient (Wildman–Crippen LogP) is 4.42. The quantitative estimate of drug-likeness (QED) is 0.819. The van der Waals surface area contributed by atoms with E-state index in [0.29, 0.717) is 23.1 Å². The fraction of sp³-hybridized carbons (Fsp3) is 0.364. The number of alkyl halides is 1. The van der Waals surface area contributed by atoms with Crippen LogP contribution in [0.5, 0.6) is 0 Å². The van der Waals surface area contributed by atoms with Crippen molar-refractivity contribution < 1.29 is 13.6 Å². The number of rotatable bonds is 4. The van der Waals surface area contributed by atoms with Crippen LogP contribution in [0, 0.1) is 11.2 Å². The van der Waals surface area contributed by atoms with Crippen LogP contribution in [0.25, 0.3) is 0 Å². The minimum absolute atomic E-state index is 0.0917. The highest BCUT2D eigenvalue weighted by Gasteiger charge is 2.49. The second kappa shape index (κ2) is 7.00. The Morgan fingerprint density at radius 1 is 1.21 bits per heavy atom. The first kappa shape index (κ1) is 20.0. The van der Waals surface area contributed by atoms with Crippen LogP contribution in [0.4, 0.5) is 8.78 Å². The van der Waals surface area contributed by atoms with E-state index >= 15 is 0 Å². The van der Waals surface area contributed by atoms with Crippen molar-refractivity contribution in [3.63, 3.8) is 0 Å². The van der Waals surface area contributed by atoms with Gasteiger partial charge in [0.15, 0.2) is 5.96 Å². The topological polar surface area (TPSA) is 56.2 Å². The number of likely N-dealkylation sites (N-methyl/N-ethyl adjacent to an activating group) is 1. The fourth-order valence-electron chi connectivity index (χ4n) is 3.76. The minimum atomic E-state index is -1.46. The Bertz CT molecular complexity index is 910. The zero-order chi connectivity index (χ0) is 20.7. The number of carbonyl (C=O) groups is 1. The van der Waals surface area contributed by atoms with E-state index in [-0.39, 0.29) is 11.9 Å². The Morgan fingerprint density at radius 2 is 1.82 bits per heavy atom. The Hall–Kier alpha value is -2.76. The van der Waals surface area contributed by atoms with Crippen LogP contribution in [0.3, 0.4) is 0 Å². The molecule has 1 amide bonds. The summed E-state index contributed by atoms with van der Waals surface area (Å²) in [5.74, 6) is -1.64. The largest absolute Gasteiger partial charge is 0.346 e. The summed E-state index contributed by atoms with van der Waals surface area (Å²) in [6.07, 6.45) is 0.336. The number of halogens is 2. The fourth-order valence-corrected chi connectivity index (χ4v) is 3.76. The molecule has 3 atom stereocenters. The summed E-state index contributed by atoms with van der Waals surface area (Å²) in [6.45, 7) is 5.01. The van der Waals surface area contributed by atoms with Crippen LogP contribution in [0.2, 0.25) is 0 Å². The molecule has 6 heteroatoms. The highest BCUT2D eigenvalue weighted by Crippen LogP contribution is 2.42. The Kier molecular flexibility index (Phi) is 5.00. The van der Waals surface area contributed by atoms with Gasteiger partial charge in [0.05, 0.1) is 11.5 Å². The van der Waals surface area contributed by atoms with Crippen LogP contribution < -0.4 is 5.32 Å². The van der Waals surface area contributed by atoms with E-state index in [1.807, 2.05) is 0 Å². The number of guanidine groups is 1. The second-order valence-corrected chi connectivity index (χ2v) is 7.66. The van der Waals surface area contributed by atoms with Gasteiger partial charge in [-0.3, -0.25) is 15.1 Å². The molecule has 1 heterocycles. The third-order valence-electron chi connectivity index (χ3n) is 5.81. The summed E-state index contributed by atoms with van der Waals surface area (Å²) < 4.78 is 29.3. The van der Waals surface area contributed by atoms with Crippen molar-refractivity contribution in [2.45, 2.75) is 44.3 Å². The Balaban J connectivity index is 2.13. The van der Waals surface area contributed by atoms with Gasteiger partial charge in [-0.05, 0) is 37.5 Å². The highest BCUT2D eigenvalue weighted by atomic mass is 19.1. The van der Waals surface area contributed by atoms with Crippen molar-refractivity contribution in [2.24, 2.45) is 0 Å². The molecule has 2 aromatic carbocycles. The van der Waals surface area contributed by atoms with Gasteiger partial charge in [0.1, 0.15) is 11.5 Å². The average Bonchev–Trinajstić information content (AvgIpc) is 2.67. The van der Waals surface area contributed by atoms with Crippen molar-refractivity contribution in [1.29, 1.82) is 5.41 Å². The van der Waals surface area contributed by atoms with Crippen LogP contribution in [0.1, 0.15) is 49.8 Å². The second-order valence-electron chi connectivity index (χ2n) is 7.66. The molecule has 0 aliphatic carbocycles. The third-order valence-corrected chi connectivity index (χ3v) is 5.81. The van der Waals surface area contributed by atoms with Crippen molar-refractivity contribution in [1.82, 2.24) is 10.2 Å². The Morgan fingerprint density at radius 3 is 2.39 bits per heavy atom. The molecule has 0 aromatic heterocycles. The lowest BCUT2D eigenvalue weighted by molar-refractivity contribution is -0.131. The molecule has 1 unspecified atom stereocenters. The zero-order valence-corrected chi connectivity index (χ0v) is 16.5. The molecule has 1 aliphatic heterocycles. The molecule has 0 radical (unpaired) electrons. The maximum absolute atomic E-state index is 14.6. The molecule has 0 spiro atoms. The lowest BCUT2D eigenvalue weighted by atomic mass is 9.73. The molecule has 0 saturated carbocycles. The first-order valence-electron chi connectivity index (χ1n) is 9.30. The maximum Gasteiger partial charge on any atom is 0.239 e. The number of nitrogens with one attached hydrogen (secondary N) is 2. The number of hydrogen-bond donors (Lipinski definition) is 2. The standard InChI is InChI=1S/C22H25F2N3O/c1-5-21(2,24)15-12-10-14(11-13-15)18-19(28)27(4)20(25)26-22(18,3)16-8-6-7-9-17(16)23/h6-13,18H,5H2,1-4H3,(H2,25,26)/t18-,21?,22-/m1/s1. The summed E-state index contributed by atoms with van der Waals surface area (Å²) in [4.78, 5) is 14.3. The van der Waals surface area contributed by atoms with Gasteiger partial charge >= 0.3 is 0 Å². The van der Waals surface area contributed by atoms with Crippen LogP contribution in [0.15, 0.2) is 48.5 Å². The van der Waals surface area contributed by atoms with Crippen molar-refractivity contribution in [3.8, 4) is 0 Å². The maximum atomic E-state index is 14.6. The van der Waals surface area contributed by atoms with Gasteiger partial charge in [0, 0.05) is 12.6 Å². The number of amides is 1. The van der Waals surface area contributed by atoms with Crippen LogP contribution in [-0.2, 0) is 16.0 Å². The van der Waals surface area contributed by atoms with Gasteiger partial charge in [0.2, 0.25) is 5.91 Å². The minimum Gasteiger partial charge on any atom is -0.346 e. The molecular weight excluding hydrogens is 360 g/mol.